The lowest BCUT2D eigenvalue weighted by Gasteiger charge is -2.26. The van der Waals surface area contributed by atoms with E-state index in [0.29, 0.717) is 12.8 Å². The molecule has 49 heavy (non-hydrogen) atoms. The molecule has 0 bridgehead atoms. The molecule has 0 aliphatic carbocycles. The molecule has 0 aliphatic heterocycles. The first-order valence-corrected chi connectivity index (χ1v) is 16.1. The van der Waals surface area contributed by atoms with E-state index in [2.05, 4.69) is 10.6 Å². The molecule has 0 radical (unpaired) electrons. The van der Waals surface area contributed by atoms with E-state index in [1.54, 1.807) is 69.3 Å². The predicted octanol–water partition coefficient (Wildman–Crippen LogP) is 4.53. The van der Waals surface area contributed by atoms with Crippen LogP contribution in [0.3, 0.4) is 0 Å². The van der Waals surface area contributed by atoms with Crippen LogP contribution in [0.25, 0.3) is 0 Å². The van der Waals surface area contributed by atoms with Crippen LogP contribution >= 0.6 is 0 Å². The van der Waals surface area contributed by atoms with Gasteiger partial charge in [-0.15, -0.1) is 0 Å². The Hall–Kier alpha value is -5.14. The summed E-state index contributed by atoms with van der Waals surface area (Å²) >= 11 is 0. The van der Waals surface area contributed by atoms with Crippen LogP contribution in [0.2, 0.25) is 0 Å². The zero-order valence-corrected chi connectivity index (χ0v) is 28.3. The lowest BCUT2D eigenvalue weighted by atomic mass is 9.99. The van der Waals surface area contributed by atoms with Gasteiger partial charge >= 0.3 is 36.1 Å². The number of carboxylic acid groups (broad SMARTS) is 1. The minimum absolute atomic E-state index is 0.0224. The number of aliphatic carboxylic acids is 1. The van der Waals surface area contributed by atoms with Crippen molar-refractivity contribution in [1.82, 2.24) is 10.6 Å². The minimum Gasteiger partial charge on any atom is -0.481 e. The van der Waals surface area contributed by atoms with Crippen LogP contribution in [0.5, 0.6) is 0 Å². The third-order valence-electron chi connectivity index (χ3n) is 7.57. The van der Waals surface area contributed by atoms with Crippen molar-refractivity contribution in [2.24, 2.45) is 11.8 Å². The number of carbonyl (C=O) groups excluding carboxylic acids is 5. The third kappa shape index (κ3) is 15.5. The largest absolute Gasteiger partial charge is 0.481 e. The second-order valence-electron chi connectivity index (χ2n) is 11.4. The van der Waals surface area contributed by atoms with Crippen molar-refractivity contribution < 1.29 is 57.6 Å². The Morgan fingerprint density at radius 1 is 0.633 bits per heavy atom. The maximum atomic E-state index is 13.4. The van der Waals surface area contributed by atoms with Gasteiger partial charge in [0.25, 0.3) is 0 Å². The molecule has 5 atom stereocenters. The second-order valence-corrected chi connectivity index (χ2v) is 11.4. The highest BCUT2D eigenvalue weighted by Crippen LogP contribution is 2.14. The molecule has 0 saturated heterocycles. The number of alkyl carbamates (subject to hydrolysis) is 2. The fourth-order valence-corrected chi connectivity index (χ4v) is 4.21. The summed E-state index contributed by atoms with van der Waals surface area (Å²) < 4.78 is 26.6. The highest BCUT2D eigenvalue weighted by molar-refractivity contribution is 5.83. The molecule has 14 nitrogen and oxygen atoms in total. The van der Waals surface area contributed by atoms with Crippen LogP contribution in [-0.2, 0) is 56.1 Å². The summed E-state index contributed by atoms with van der Waals surface area (Å²) in [5, 5.41) is 13.9. The number of ether oxygens (including phenoxy) is 5. The van der Waals surface area contributed by atoms with Crippen molar-refractivity contribution in [3.8, 4) is 0 Å². The van der Waals surface area contributed by atoms with Crippen LogP contribution in [0.15, 0.2) is 60.7 Å². The molecule has 0 aliphatic rings. The van der Waals surface area contributed by atoms with E-state index in [4.69, 9.17) is 28.8 Å². The Kier molecular flexibility index (Phi) is 17.7. The van der Waals surface area contributed by atoms with E-state index in [1.807, 2.05) is 19.1 Å². The Morgan fingerprint density at radius 3 is 1.53 bits per heavy atom. The molecule has 2 amide bonds. The molecule has 14 heteroatoms. The molecule has 2 rings (SSSR count). The Labute approximate surface area is 285 Å². The monoisotopic (exact) mass is 686 g/mol. The van der Waals surface area contributed by atoms with Gasteiger partial charge in [0.15, 0.2) is 6.10 Å². The van der Waals surface area contributed by atoms with Gasteiger partial charge in [-0.25, -0.2) is 19.2 Å². The molecule has 1 unspecified atom stereocenters. The summed E-state index contributed by atoms with van der Waals surface area (Å²) in [5.74, 6) is -4.65. The number of amides is 2. The van der Waals surface area contributed by atoms with Crippen LogP contribution in [0.4, 0.5) is 9.59 Å². The molecule has 0 heterocycles. The van der Waals surface area contributed by atoms with Gasteiger partial charge in [0.05, 0.1) is 12.8 Å². The van der Waals surface area contributed by atoms with Crippen LogP contribution in [0.1, 0.15) is 64.5 Å². The van der Waals surface area contributed by atoms with Gasteiger partial charge in [-0.3, -0.25) is 9.59 Å². The summed E-state index contributed by atoms with van der Waals surface area (Å²) in [7, 11) is 0. The van der Waals surface area contributed by atoms with Gasteiger partial charge in [-0.1, -0.05) is 101 Å². The van der Waals surface area contributed by atoms with E-state index >= 15 is 0 Å². The molecule has 0 saturated carbocycles. The molecule has 0 aromatic heterocycles. The summed E-state index contributed by atoms with van der Waals surface area (Å²) in [6, 6.07) is 15.6. The first-order valence-electron chi connectivity index (χ1n) is 16.1. The molecule has 0 fully saturated rings. The van der Waals surface area contributed by atoms with Gasteiger partial charge in [0.1, 0.15) is 38.5 Å². The molecular weight excluding hydrogens is 640 g/mol. The third-order valence-corrected chi connectivity index (χ3v) is 7.57. The van der Waals surface area contributed by atoms with E-state index in [-0.39, 0.29) is 19.1 Å². The Morgan fingerprint density at radius 2 is 1.08 bits per heavy atom. The smallest absolute Gasteiger partial charge is 0.408 e. The van der Waals surface area contributed by atoms with Gasteiger partial charge in [0, 0.05) is 0 Å². The summed E-state index contributed by atoms with van der Waals surface area (Å²) in [4.78, 5) is 74.7. The number of hydrogen-bond donors (Lipinski definition) is 3. The normalized spacial score (nSPS) is 13.7. The fraction of sp³-hybridized carbons (Fsp3) is 0.486. The zero-order chi connectivity index (χ0) is 36.2. The molecule has 3 N–H and O–H groups in total. The van der Waals surface area contributed by atoms with Crippen molar-refractivity contribution in [1.29, 1.82) is 0 Å². The number of hydrogen-bond acceptors (Lipinski definition) is 11. The molecule has 0 spiro atoms. The Balaban J connectivity index is 2.11. The average Bonchev–Trinajstić information content (AvgIpc) is 3.11. The van der Waals surface area contributed by atoms with E-state index in [1.165, 1.54) is 0 Å². The summed E-state index contributed by atoms with van der Waals surface area (Å²) in [6.45, 7) is 5.83. The predicted molar refractivity (Wildman–Crippen MR) is 175 cm³/mol. The first kappa shape index (κ1) is 40.0. The van der Waals surface area contributed by atoms with E-state index in [9.17, 15) is 28.8 Å². The highest BCUT2D eigenvalue weighted by atomic mass is 16.6. The topological polar surface area (TPSA) is 193 Å². The van der Waals surface area contributed by atoms with E-state index in [0.717, 1.165) is 11.1 Å². The summed E-state index contributed by atoms with van der Waals surface area (Å²) in [5.41, 5.74) is 1.49. The second kappa shape index (κ2) is 21.7. The number of esters is 3. The highest BCUT2D eigenvalue weighted by Gasteiger charge is 2.33. The van der Waals surface area contributed by atoms with Gasteiger partial charge in [-0.2, -0.15) is 0 Å². The van der Waals surface area contributed by atoms with Gasteiger partial charge in [-0.05, 0) is 23.0 Å². The fourth-order valence-electron chi connectivity index (χ4n) is 4.21. The molecule has 2 aromatic carbocycles. The van der Waals surface area contributed by atoms with Crippen molar-refractivity contribution >= 4 is 36.1 Å². The summed E-state index contributed by atoms with van der Waals surface area (Å²) in [6.07, 6.45) is -3.02. The average molecular weight is 687 g/mol. The lowest BCUT2D eigenvalue weighted by Crippen LogP contribution is -2.49. The van der Waals surface area contributed by atoms with Crippen molar-refractivity contribution in [2.75, 3.05) is 13.2 Å². The first-order chi connectivity index (χ1) is 23.4. The number of carboxylic acids is 1. The molecular formula is C35H46N2O12. The zero-order valence-electron chi connectivity index (χ0n) is 28.3. The number of rotatable bonds is 20. The van der Waals surface area contributed by atoms with Crippen LogP contribution in [0, 0.1) is 11.8 Å². The standard InChI is InChI=1S/C35H46N2O12/c1-5-23(3)30(36-34(43)47-19-25-13-9-7-10-14-25)32(41)46-22-27(21-45-29(40)18-17-28(38)39)49-33(42)31(24(4)6-2)37-35(44)48-20-26-15-11-8-12-16-26/h7-16,23-24,27,30-31H,5-6,17-22H2,1-4H3,(H,36,43)(H,37,44)(H,38,39)/t23-,24-,27?,30-,31-/m0/s1. The van der Waals surface area contributed by atoms with Crippen LogP contribution in [-0.4, -0.2) is 72.6 Å². The maximum absolute atomic E-state index is 13.4. The maximum Gasteiger partial charge on any atom is 0.408 e. The number of benzene rings is 2. The lowest BCUT2D eigenvalue weighted by molar-refractivity contribution is -0.170. The van der Waals surface area contributed by atoms with Crippen molar-refractivity contribution in [3.05, 3.63) is 71.8 Å². The molecule has 2 aromatic rings. The minimum atomic E-state index is -1.35. The SMILES string of the molecule is CC[C@H](C)[C@H](NC(=O)OCc1ccccc1)C(=O)OCC(COC(=O)CCC(=O)O)OC(=O)[C@@H](NC(=O)OCc1ccccc1)[C@@H](C)CC. The number of carbonyl (C=O) groups is 6. The number of nitrogens with one attached hydrogen (secondary N) is 2. The van der Waals surface area contributed by atoms with Crippen molar-refractivity contribution in [2.45, 2.75) is 84.8 Å². The quantitative estimate of drug-likeness (QED) is 0.130. The van der Waals surface area contributed by atoms with Gasteiger partial charge < -0.3 is 39.4 Å². The molecule has 268 valence electrons. The van der Waals surface area contributed by atoms with Crippen LogP contribution < -0.4 is 10.6 Å². The van der Waals surface area contributed by atoms with Gasteiger partial charge in [0.2, 0.25) is 0 Å². The van der Waals surface area contributed by atoms with Crippen molar-refractivity contribution in [3.63, 3.8) is 0 Å². The Bertz CT molecular complexity index is 1350. The van der Waals surface area contributed by atoms with E-state index < -0.39 is 86.2 Å².